The standard InChI is InChI=1S/C22H25N7O/c1-16(17-10-12-19(30)13-11-17)27-28-21-24-20(23-18-8-4-2-5-9-18)25-22(26-21)29-14-6-3-7-15-29/h2,4-5,8-13,30H,3,6-7,14-15H2,1H3,(H2,23,24,25,26,28)/b27-16-. The van der Waals surface area contributed by atoms with E-state index in [0.717, 1.165) is 42.9 Å². The average Bonchev–Trinajstić information content (AvgIpc) is 2.79. The van der Waals surface area contributed by atoms with Gasteiger partial charge in [-0.05, 0) is 68.1 Å². The molecule has 8 heteroatoms. The van der Waals surface area contributed by atoms with E-state index < -0.39 is 0 Å². The van der Waals surface area contributed by atoms with Gasteiger partial charge in [-0.1, -0.05) is 18.2 Å². The van der Waals surface area contributed by atoms with Crippen LogP contribution in [0, 0.1) is 0 Å². The quantitative estimate of drug-likeness (QED) is 0.420. The lowest BCUT2D eigenvalue weighted by Crippen LogP contribution is -2.31. The highest BCUT2D eigenvalue weighted by molar-refractivity contribution is 5.99. The van der Waals surface area contributed by atoms with Crippen molar-refractivity contribution in [3.8, 4) is 5.75 Å². The van der Waals surface area contributed by atoms with Crippen molar-refractivity contribution in [2.75, 3.05) is 28.7 Å². The number of phenols is 1. The van der Waals surface area contributed by atoms with Gasteiger partial charge in [0.15, 0.2) is 0 Å². The van der Waals surface area contributed by atoms with Crippen LogP contribution in [-0.4, -0.2) is 38.9 Å². The third-order valence-corrected chi connectivity index (χ3v) is 4.90. The molecule has 0 saturated carbocycles. The van der Waals surface area contributed by atoms with Gasteiger partial charge in [-0.2, -0.15) is 20.1 Å². The van der Waals surface area contributed by atoms with Gasteiger partial charge in [-0.15, -0.1) is 0 Å². The molecule has 2 aromatic carbocycles. The number of benzene rings is 2. The molecule has 0 atom stereocenters. The minimum absolute atomic E-state index is 0.222. The first kappa shape index (κ1) is 19.6. The molecule has 0 spiro atoms. The number of hydrogen-bond donors (Lipinski definition) is 3. The van der Waals surface area contributed by atoms with Gasteiger partial charge in [0, 0.05) is 18.8 Å². The number of aromatic nitrogens is 3. The van der Waals surface area contributed by atoms with Gasteiger partial charge in [0.2, 0.25) is 17.8 Å². The van der Waals surface area contributed by atoms with E-state index in [0.29, 0.717) is 17.8 Å². The molecule has 0 bridgehead atoms. The summed E-state index contributed by atoms with van der Waals surface area (Å²) in [7, 11) is 0. The average molecular weight is 403 g/mol. The first-order valence-electron chi connectivity index (χ1n) is 10.1. The van der Waals surface area contributed by atoms with Gasteiger partial charge in [-0.25, -0.2) is 5.43 Å². The lowest BCUT2D eigenvalue weighted by Gasteiger charge is -2.26. The molecule has 1 saturated heterocycles. The van der Waals surface area contributed by atoms with E-state index in [1.807, 2.05) is 49.4 Å². The highest BCUT2D eigenvalue weighted by Gasteiger charge is 2.16. The topological polar surface area (TPSA) is 98.6 Å². The summed E-state index contributed by atoms with van der Waals surface area (Å²) >= 11 is 0. The summed E-state index contributed by atoms with van der Waals surface area (Å²) in [4.78, 5) is 15.9. The Balaban J connectivity index is 1.59. The smallest absolute Gasteiger partial charge is 0.250 e. The Morgan fingerprint density at radius 3 is 2.33 bits per heavy atom. The number of nitrogens with zero attached hydrogens (tertiary/aromatic N) is 5. The van der Waals surface area contributed by atoms with Crippen molar-refractivity contribution in [2.45, 2.75) is 26.2 Å². The monoisotopic (exact) mass is 403 g/mol. The molecular weight excluding hydrogens is 378 g/mol. The molecule has 4 rings (SSSR count). The zero-order valence-corrected chi connectivity index (χ0v) is 16.9. The Kier molecular flexibility index (Phi) is 6.03. The van der Waals surface area contributed by atoms with E-state index >= 15 is 0 Å². The maximum atomic E-state index is 9.46. The molecule has 8 nitrogen and oxygen atoms in total. The van der Waals surface area contributed by atoms with Crippen LogP contribution in [0.5, 0.6) is 5.75 Å². The molecular formula is C22H25N7O. The number of hydrogen-bond acceptors (Lipinski definition) is 8. The van der Waals surface area contributed by atoms with E-state index in [2.05, 4.69) is 35.7 Å². The molecule has 154 valence electrons. The molecule has 3 aromatic rings. The van der Waals surface area contributed by atoms with Crippen molar-refractivity contribution < 1.29 is 5.11 Å². The minimum Gasteiger partial charge on any atom is -0.508 e. The number of hydrazone groups is 1. The second kappa shape index (κ2) is 9.21. The molecule has 1 aliphatic heterocycles. The lowest BCUT2D eigenvalue weighted by atomic mass is 10.1. The highest BCUT2D eigenvalue weighted by atomic mass is 16.3. The van der Waals surface area contributed by atoms with E-state index in [9.17, 15) is 5.11 Å². The number of anilines is 4. The van der Waals surface area contributed by atoms with Crippen LogP contribution in [0.1, 0.15) is 31.7 Å². The highest BCUT2D eigenvalue weighted by Crippen LogP contribution is 2.21. The summed E-state index contributed by atoms with van der Waals surface area (Å²) in [6.07, 6.45) is 3.50. The second-order valence-electron chi connectivity index (χ2n) is 7.18. The lowest BCUT2D eigenvalue weighted by molar-refractivity contribution is 0.475. The van der Waals surface area contributed by atoms with Crippen molar-refractivity contribution in [1.82, 2.24) is 15.0 Å². The summed E-state index contributed by atoms with van der Waals surface area (Å²) in [6.45, 7) is 3.75. The molecule has 1 fully saturated rings. The number of piperidine rings is 1. The molecule has 0 unspecified atom stereocenters. The van der Waals surface area contributed by atoms with Gasteiger partial charge in [0.05, 0.1) is 5.71 Å². The first-order valence-corrected chi connectivity index (χ1v) is 10.1. The van der Waals surface area contributed by atoms with Crippen LogP contribution in [-0.2, 0) is 0 Å². The predicted molar refractivity (Wildman–Crippen MR) is 120 cm³/mol. The van der Waals surface area contributed by atoms with E-state index in [-0.39, 0.29) is 5.75 Å². The summed E-state index contributed by atoms with van der Waals surface area (Å²) in [6, 6.07) is 16.7. The fraction of sp³-hybridized carbons (Fsp3) is 0.273. The summed E-state index contributed by atoms with van der Waals surface area (Å²) in [5.74, 6) is 1.71. The second-order valence-corrected chi connectivity index (χ2v) is 7.18. The van der Waals surface area contributed by atoms with Crippen molar-refractivity contribution >= 4 is 29.2 Å². The molecule has 0 radical (unpaired) electrons. The Morgan fingerprint density at radius 1 is 0.900 bits per heavy atom. The van der Waals surface area contributed by atoms with Gasteiger partial charge in [0.25, 0.3) is 0 Å². The molecule has 3 N–H and O–H groups in total. The van der Waals surface area contributed by atoms with Gasteiger partial charge < -0.3 is 15.3 Å². The summed E-state index contributed by atoms with van der Waals surface area (Å²) in [5, 5.41) is 17.1. The maximum Gasteiger partial charge on any atom is 0.250 e. The van der Waals surface area contributed by atoms with Crippen LogP contribution in [0.4, 0.5) is 23.5 Å². The van der Waals surface area contributed by atoms with Gasteiger partial charge >= 0.3 is 0 Å². The van der Waals surface area contributed by atoms with Crippen LogP contribution < -0.4 is 15.6 Å². The van der Waals surface area contributed by atoms with Gasteiger partial charge in [0.1, 0.15) is 5.75 Å². The van der Waals surface area contributed by atoms with Crippen LogP contribution in [0.3, 0.4) is 0 Å². The molecule has 1 aromatic heterocycles. The zero-order valence-electron chi connectivity index (χ0n) is 16.9. The Morgan fingerprint density at radius 2 is 1.60 bits per heavy atom. The van der Waals surface area contributed by atoms with E-state index in [1.54, 1.807) is 12.1 Å². The van der Waals surface area contributed by atoms with Crippen LogP contribution in [0.15, 0.2) is 59.7 Å². The first-order chi connectivity index (χ1) is 14.7. The number of para-hydroxylation sites is 1. The Labute approximate surface area is 175 Å². The Hall–Kier alpha value is -3.68. The molecule has 1 aliphatic rings. The van der Waals surface area contributed by atoms with Crippen molar-refractivity contribution in [3.63, 3.8) is 0 Å². The number of aromatic hydroxyl groups is 1. The van der Waals surface area contributed by atoms with Crippen LogP contribution >= 0.6 is 0 Å². The maximum absolute atomic E-state index is 9.46. The molecule has 2 heterocycles. The fourth-order valence-electron chi connectivity index (χ4n) is 3.26. The third-order valence-electron chi connectivity index (χ3n) is 4.90. The van der Waals surface area contributed by atoms with Crippen molar-refractivity contribution in [3.05, 3.63) is 60.2 Å². The van der Waals surface area contributed by atoms with E-state index in [1.165, 1.54) is 6.42 Å². The number of phenolic OH excluding ortho intramolecular Hbond substituents is 1. The SMILES string of the molecule is C/C(=N/Nc1nc(Nc2ccccc2)nc(N2CCCCC2)n1)c1ccc(O)cc1. The zero-order chi connectivity index (χ0) is 20.8. The van der Waals surface area contributed by atoms with Crippen LogP contribution in [0.25, 0.3) is 0 Å². The minimum atomic E-state index is 0.222. The largest absolute Gasteiger partial charge is 0.508 e. The number of nitrogens with one attached hydrogen (secondary N) is 2. The van der Waals surface area contributed by atoms with Crippen LogP contribution in [0.2, 0.25) is 0 Å². The molecule has 0 aliphatic carbocycles. The van der Waals surface area contributed by atoms with Crippen molar-refractivity contribution in [2.24, 2.45) is 5.10 Å². The molecule has 0 amide bonds. The van der Waals surface area contributed by atoms with E-state index in [4.69, 9.17) is 0 Å². The third kappa shape index (κ3) is 5.02. The predicted octanol–water partition coefficient (Wildman–Crippen LogP) is 4.15. The van der Waals surface area contributed by atoms with Gasteiger partial charge in [-0.3, -0.25) is 0 Å². The number of rotatable bonds is 6. The fourth-order valence-corrected chi connectivity index (χ4v) is 3.26. The summed E-state index contributed by atoms with van der Waals surface area (Å²) in [5.41, 5.74) is 5.52. The normalized spacial score (nSPS) is 14.4. The van der Waals surface area contributed by atoms with Crippen molar-refractivity contribution in [1.29, 1.82) is 0 Å². The Bertz CT molecular complexity index is 1000. The summed E-state index contributed by atoms with van der Waals surface area (Å²) < 4.78 is 0. The molecule has 30 heavy (non-hydrogen) atoms.